The quantitative estimate of drug-likeness (QED) is 0.553. The van der Waals surface area contributed by atoms with Crippen LogP contribution in [0.4, 0.5) is 5.69 Å². The van der Waals surface area contributed by atoms with Crippen molar-refractivity contribution in [2.75, 3.05) is 0 Å². The van der Waals surface area contributed by atoms with Gasteiger partial charge in [0, 0.05) is 17.7 Å². The van der Waals surface area contributed by atoms with E-state index in [1.807, 2.05) is 13.8 Å². The molecule has 0 radical (unpaired) electrons. The summed E-state index contributed by atoms with van der Waals surface area (Å²) in [6.07, 6.45) is 7.41. The molecule has 8 heteroatoms. The molecular formula is C21H25N3O4S. The number of nitro benzene ring substituents is 1. The van der Waals surface area contributed by atoms with Gasteiger partial charge in [-0.3, -0.25) is 10.1 Å². The minimum Gasteiger partial charge on any atom is -0.258 e. The molecule has 2 aromatic rings. The van der Waals surface area contributed by atoms with Crippen molar-refractivity contribution in [3.05, 3.63) is 51.3 Å². The third kappa shape index (κ3) is 2.75. The Morgan fingerprint density at radius 1 is 1.03 bits per heavy atom. The fraction of sp³-hybridized carbons (Fsp3) is 0.571. The van der Waals surface area contributed by atoms with Gasteiger partial charge < -0.3 is 0 Å². The average Bonchev–Trinajstić information content (AvgIpc) is 2.96. The first-order valence-electron chi connectivity index (χ1n) is 10.3. The lowest BCUT2D eigenvalue weighted by Crippen LogP contribution is -2.49. The molecule has 0 amide bonds. The summed E-state index contributed by atoms with van der Waals surface area (Å²) >= 11 is 0. The predicted molar refractivity (Wildman–Crippen MR) is 107 cm³/mol. The summed E-state index contributed by atoms with van der Waals surface area (Å²) in [6.45, 7) is 3.78. The monoisotopic (exact) mass is 415 g/mol. The summed E-state index contributed by atoms with van der Waals surface area (Å²) in [5, 5.41) is 15.3. The second kappa shape index (κ2) is 6.14. The molecular weight excluding hydrogens is 390 g/mol. The van der Waals surface area contributed by atoms with Gasteiger partial charge in [-0.2, -0.15) is 17.6 Å². The highest BCUT2D eigenvalue weighted by Gasteiger charge is 2.53. The summed E-state index contributed by atoms with van der Waals surface area (Å²) in [7, 11) is -3.90. The summed E-state index contributed by atoms with van der Waals surface area (Å²) in [6, 6.07) is 5.01. The number of aryl methyl sites for hydroxylation is 1. The Bertz CT molecular complexity index is 1070. The van der Waals surface area contributed by atoms with Gasteiger partial charge in [0.1, 0.15) is 0 Å². The molecule has 1 aromatic heterocycles. The van der Waals surface area contributed by atoms with Crippen molar-refractivity contribution in [1.82, 2.24) is 9.19 Å². The maximum absolute atomic E-state index is 13.3. The van der Waals surface area contributed by atoms with Crippen LogP contribution >= 0.6 is 0 Å². The number of aromatic nitrogens is 2. The Hall–Kier alpha value is -2.22. The summed E-state index contributed by atoms with van der Waals surface area (Å²) in [5.41, 5.74) is 2.55. The second-order valence-corrected chi connectivity index (χ2v) is 11.1. The van der Waals surface area contributed by atoms with Crippen LogP contribution in [0.2, 0.25) is 0 Å². The van der Waals surface area contributed by atoms with Crippen molar-refractivity contribution < 1.29 is 13.3 Å². The summed E-state index contributed by atoms with van der Waals surface area (Å²) in [4.78, 5) is 10.4. The molecule has 0 saturated heterocycles. The molecule has 29 heavy (non-hydrogen) atoms. The van der Waals surface area contributed by atoms with Gasteiger partial charge in [-0.25, -0.2) is 0 Å². The van der Waals surface area contributed by atoms with Crippen molar-refractivity contribution in [2.45, 2.75) is 62.7 Å². The molecule has 1 heterocycles. The second-order valence-electron chi connectivity index (χ2n) is 9.34. The first-order valence-corrected chi connectivity index (χ1v) is 11.7. The molecule has 4 bridgehead atoms. The first-order chi connectivity index (χ1) is 13.7. The van der Waals surface area contributed by atoms with Crippen molar-refractivity contribution in [3.8, 4) is 0 Å². The third-order valence-corrected chi connectivity index (χ3v) is 9.07. The number of non-ortho nitro benzene ring substituents is 1. The van der Waals surface area contributed by atoms with E-state index in [0.717, 1.165) is 52.4 Å². The van der Waals surface area contributed by atoms with Crippen LogP contribution in [0.15, 0.2) is 29.2 Å². The molecule has 0 spiro atoms. The zero-order valence-electron chi connectivity index (χ0n) is 16.7. The van der Waals surface area contributed by atoms with Gasteiger partial charge in [-0.15, -0.1) is 0 Å². The molecule has 154 valence electrons. The SMILES string of the molecule is Cc1nn(S(=O)(=O)c2ccc([N+](=O)[O-])cc2)c(C)c1C12CC3CC(CC(C3)C1)C2. The molecule has 4 aliphatic rings. The Morgan fingerprint density at radius 3 is 2.03 bits per heavy atom. The highest BCUT2D eigenvalue weighted by Crippen LogP contribution is 2.61. The topological polar surface area (TPSA) is 95.1 Å². The summed E-state index contributed by atoms with van der Waals surface area (Å²) in [5.74, 6) is 2.28. The normalized spacial score (nSPS) is 30.6. The van der Waals surface area contributed by atoms with Crippen LogP contribution in [0.5, 0.6) is 0 Å². The Morgan fingerprint density at radius 2 is 1.55 bits per heavy atom. The van der Waals surface area contributed by atoms with Crippen LogP contribution in [0, 0.1) is 41.7 Å². The van der Waals surface area contributed by atoms with E-state index in [-0.39, 0.29) is 16.0 Å². The van der Waals surface area contributed by atoms with Crippen LogP contribution in [0.3, 0.4) is 0 Å². The molecule has 6 rings (SSSR count). The van der Waals surface area contributed by atoms with Gasteiger partial charge in [0.2, 0.25) is 0 Å². The average molecular weight is 416 g/mol. The van der Waals surface area contributed by atoms with Crippen molar-refractivity contribution in [1.29, 1.82) is 0 Å². The maximum Gasteiger partial charge on any atom is 0.283 e. The minimum absolute atomic E-state index is 0.0192. The van der Waals surface area contributed by atoms with Gasteiger partial charge in [0.15, 0.2) is 0 Å². The summed E-state index contributed by atoms with van der Waals surface area (Å²) < 4.78 is 27.7. The molecule has 0 atom stereocenters. The first kappa shape index (κ1) is 18.8. The Labute approximate surface area is 170 Å². The molecule has 7 nitrogen and oxygen atoms in total. The van der Waals surface area contributed by atoms with E-state index >= 15 is 0 Å². The van der Waals surface area contributed by atoms with Crippen molar-refractivity contribution >= 4 is 15.7 Å². The van der Waals surface area contributed by atoms with Crippen LogP contribution in [-0.2, 0) is 15.4 Å². The van der Waals surface area contributed by atoms with Crippen LogP contribution in [-0.4, -0.2) is 22.5 Å². The van der Waals surface area contributed by atoms with Crippen molar-refractivity contribution in [2.24, 2.45) is 17.8 Å². The van der Waals surface area contributed by atoms with Gasteiger partial charge in [-0.1, -0.05) is 0 Å². The van der Waals surface area contributed by atoms with Crippen LogP contribution < -0.4 is 0 Å². The van der Waals surface area contributed by atoms with E-state index in [2.05, 4.69) is 5.10 Å². The molecule has 0 unspecified atom stereocenters. The molecule has 1 aromatic carbocycles. The zero-order chi connectivity index (χ0) is 20.6. The standard InChI is InChI=1S/C21H25N3O4S/c1-13-20(21-10-15-7-16(11-21)9-17(8-15)12-21)14(2)23(22-13)29(27,28)19-5-3-18(4-6-19)24(25)26/h3-6,15-17H,7-12H2,1-2H3. The third-order valence-electron chi connectivity index (χ3n) is 7.39. The lowest BCUT2D eigenvalue weighted by Gasteiger charge is -2.57. The van der Waals surface area contributed by atoms with E-state index in [4.69, 9.17) is 0 Å². The maximum atomic E-state index is 13.3. The molecule has 4 saturated carbocycles. The fourth-order valence-electron chi connectivity index (χ4n) is 6.88. The van der Waals surface area contributed by atoms with Gasteiger partial charge in [-0.05, 0) is 87.7 Å². The van der Waals surface area contributed by atoms with E-state index in [0.29, 0.717) is 5.69 Å². The fourth-order valence-corrected chi connectivity index (χ4v) is 8.24. The number of nitrogens with zero attached hydrogens (tertiary/aromatic N) is 3. The number of hydrogen-bond acceptors (Lipinski definition) is 5. The van der Waals surface area contributed by atoms with Crippen LogP contribution in [0.25, 0.3) is 0 Å². The Balaban J connectivity index is 1.57. The molecule has 4 fully saturated rings. The van der Waals surface area contributed by atoms with E-state index in [9.17, 15) is 18.5 Å². The van der Waals surface area contributed by atoms with E-state index in [1.165, 1.54) is 43.5 Å². The van der Waals surface area contributed by atoms with Crippen molar-refractivity contribution in [3.63, 3.8) is 0 Å². The lowest BCUT2D eigenvalue weighted by atomic mass is 9.48. The molecule has 0 aliphatic heterocycles. The number of nitro groups is 1. The zero-order valence-corrected chi connectivity index (χ0v) is 17.5. The molecule has 0 N–H and O–H groups in total. The number of hydrogen-bond donors (Lipinski definition) is 0. The van der Waals surface area contributed by atoms with E-state index in [1.54, 1.807) is 0 Å². The molecule has 4 aliphatic carbocycles. The van der Waals surface area contributed by atoms with E-state index < -0.39 is 14.9 Å². The highest BCUT2D eigenvalue weighted by atomic mass is 32.2. The highest BCUT2D eigenvalue weighted by molar-refractivity contribution is 7.89. The smallest absolute Gasteiger partial charge is 0.258 e. The van der Waals surface area contributed by atoms with Crippen LogP contribution in [0.1, 0.15) is 55.5 Å². The number of benzene rings is 1. The van der Waals surface area contributed by atoms with Gasteiger partial charge in [0.25, 0.3) is 15.7 Å². The van der Waals surface area contributed by atoms with Gasteiger partial charge in [0.05, 0.1) is 21.2 Å². The minimum atomic E-state index is -3.90. The van der Waals surface area contributed by atoms with Gasteiger partial charge >= 0.3 is 0 Å². The Kier molecular flexibility index (Phi) is 3.98. The lowest BCUT2D eigenvalue weighted by molar-refractivity contribution is -0.384. The number of rotatable bonds is 4. The predicted octanol–water partition coefficient (Wildman–Crippen LogP) is 4.11. The largest absolute Gasteiger partial charge is 0.283 e.